The molecule has 24 heavy (non-hydrogen) atoms. The summed E-state index contributed by atoms with van der Waals surface area (Å²) in [5, 5.41) is 58.8. The van der Waals surface area contributed by atoms with Gasteiger partial charge in [-0.15, -0.1) is 0 Å². The van der Waals surface area contributed by atoms with Crippen molar-refractivity contribution in [1.82, 2.24) is 0 Å². The molecule has 10 atom stereocenters. The van der Waals surface area contributed by atoms with E-state index in [0.29, 0.717) is 0 Å². The third-order valence-corrected chi connectivity index (χ3v) is 4.23. The van der Waals surface area contributed by atoms with E-state index in [4.69, 9.17) is 18.9 Å². The number of aliphatic hydroxyl groups is 6. The molecule has 2 aliphatic heterocycles. The number of rotatable bonds is 5. The Morgan fingerprint density at radius 1 is 0.708 bits per heavy atom. The van der Waals surface area contributed by atoms with Crippen molar-refractivity contribution in [3.8, 4) is 0 Å². The van der Waals surface area contributed by atoms with Gasteiger partial charge in [-0.3, -0.25) is 0 Å². The standard InChI is InChI=1S/C14H26O10/c1-3-21-13-12(20)10(18)8(16)6(24-13)4-22-14-11(19)9(17)7(15)5(2)23-14/h5-20H,3-4H2,1-2H3/t5-,6+,7-,8+,9+,10-,11+,12+,13+,14+/m1/s1. The molecule has 6 N–H and O–H groups in total. The first-order valence-corrected chi connectivity index (χ1v) is 7.90. The lowest BCUT2D eigenvalue weighted by molar-refractivity contribution is -0.327. The highest BCUT2D eigenvalue weighted by Crippen LogP contribution is 2.25. The Labute approximate surface area is 139 Å². The van der Waals surface area contributed by atoms with Gasteiger partial charge in [0.1, 0.15) is 42.7 Å². The van der Waals surface area contributed by atoms with E-state index >= 15 is 0 Å². The van der Waals surface area contributed by atoms with Crippen LogP contribution in [0.4, 0.5) is 0 Å². The molecule has 2 heterocycles. The zero-order chi connectivity index (χ0) is 18.0. The fourth-order valence-corrected chi connectivity index (χ4v) is 2.70. The molecule has 10 heteroatoms. The van der Waals surface area contributed by atoms with Crippen molar-refractivity contribution in [2.45, 2.75) is 75.3 Å². The summed E-state index contributed by atoms with van der Waals surface area (Å²) in [5.41, 5.74) is 0. The third-order valence-electron chi connectivity index (χ3n) is 4.23. The summed E-state index contributed by atoms with van der Waals surface area (Å²) >= 11 is 0. The first-order chi connectivity index (χ1) is 11.3. The predicted octanol–water partition coefficient (Wildman–Crippen LogP) is -3.33. The van der Waals surface area contributed by atoms with Gasteiger partial charge in [-0.1, -0.05) is 0 Å². The van der Waals surface area contributed by atoms with E-state index in [1.165, 1.54) is 6.92 Å². The van der Waals surface area contributed by atoms with Gasteiger partial charge in [-0.2, -0.15) is 0 Å². The Hall–Kier alpha value is -0.400. The lowest BCUT2D eigenvalue weighted by atomic mass is 9.98. The SMILES string of the molecule is CCO[C@H]1O[C@@H](CO[C@H]2O[C@H](C)[C@@H](O)[C@H](O)[C@@H]2O)[C@H](O)[C@@H](O)[C@@H]1O. The maximum atomic E-state index is 9.97. The van der Waals surface area contributed by atoms with Gasteiger partial charge in [0.15, 0.2) is 12.6 Å². The third kappa shape index (κ3) is 4.05. The number of aliphatic hydroxyl groups excluding tert-OH is 6. The lowest BCUT2D eigenvalue weighted by Gasteiger charge is -2.42. The van der Waals surface area contributed by atoms with Crippen LogP contribution in [-0.4, -0.2) is 105 Å². The second-order valence-corrected chi connectivity index (χ2v) is 5.98. The topological polar surface area (TPSA) is 158 Å². The fourth-order valence-electron chi connectivity index (χ4n) is 2.70. The lowest BCUT2D eigenvalue weighted by Crippen LogP contribution is -2.61. The van der Waals surface area contributed by atoms with Crippen LogP contribution in [-0.2, 0) is 18.9 Å². The minimum absolute atomic E-state index is 0.226. The molecule has 2 rings (SSSR count). The molecule has 0 spiro atoms. The fraction of sp³-hybridized carbons (Fsp3) is 1.00. The summed E-state index contributed by atoms with van der Waals surface area (Å²) in [6, 6.07) is 0. The van der Waals surface area contributed by atoms with Crippen LogP contribution < -0.4 is 0 Å². The van der Waals surface area contributed by atoms with Crippen LogP contribution in [0.5, 0.6) is 0 Å². The van der Waals surface area contributed by atoms with Crippen molar-refractivity contribution in [1.29, 1.82) is 0 Å². The van der Waals surface area contributed by atoms with Gasteiger partial charge in [0, 0.05) is 6.61 Å². The van der Waals surface area contributed by atoms with Gasteiger partial charge < -0.3 is 49.6 Å². The van der Waals surface area contributed by atoms with Gasteiger partial charge >= 0.3 is 0 Å². The first kappa shape index (κ1) is 19.9. The van der Waals surface area contributed by atoms with Crippen LogP contribution in [0.2, 0.25) is 0 Å². The zero-order valence-electron chi connectivity index (χ0n) is 13.5. The average Bonchev–Trinajstić information content (AvgIpc) is 2.56. The van der Waals surface area contributed by atoms with Crippen LogP contribution in [0.3, 0.4) is 0 Å². The van der Waals surface area contributed by atoms with Crippen molar-refractivity contribution in [2.24, 2.45) is 0 Å². The highest BCUT2D eigenvalue weighted by molar-refractivity contribution is 4.90. The minimum Gasteiger partial charge on any atom is -0.388 e. The highest BCUT2D eigenvalue weighted by Gasteiger charge is 2.46. The van der Waals surface area contributed by atoms with E-state index in [1.807, 2.05) is 0 Å². The van der Waals surface area contributed by atoms with Crippen molar-refractivity contribution in [2.75, 3.05) is 13.2 Å². The van der Waals surface area contributed by atoms with E-state index in [9.17, 15) is 30.6 Å². The van der Waals surface area contributed by atoms with Gasteiger partial charge in [0.25, 0.3) is 0 Å². The van der Waals surface area contributed by atoms with Crippen LogP contribution in [0.15, 0.2) is 0 Å². The van der Waals surface area contributed by atoms with Crippen LogP contribution in [0.1, 0.15) is 13.8 Å². The molecule has 10 nitrogen and oxygen atoms in total. The molecule has 2 saturated heterocycles. The van der Waals surface area contributed by atoms with Crippen molar-refractivity contribution in [3.63, 3.8) is 0 Å². The summed E-state index contributed by atoms with van der Waals surface area (Å²) in [6.45, 7) is 3.11. The van der Waals surface area contributed by atoms with Crippen molar-refractivity contribution < 1.29 is 49.6 Å². The molecule has 0 aliphatic carbocycles. The largest absolute Gasteiger partial charge is 0.388 e. The second-order valence-electron chi connectivity index (χ2n) is 5.98. The normalized spacial score (nSPS) is 50.0. The molecule has 0 radical (unpaired) electrons. The summed E-state index contributed by atoms with van der Waals surface area (Å²) < 4.78 is 21.1. The Morgan fingerprint density at radius 2 is 1.25 bits per heavy atom. The van der Waals surface area contributed by atoms with Crippen LogP contribution >= 0.6 is 0 Å². The molecule has 2 fully saturated rings. The zero-order valence-corrected chi connectivity index (χ0v) is 13.5. The molecule has 0 aromatic carbocycles. The maximum absolute atomic E-state index is 9.97. The van der Waals surface area contributed by atoms with Crippen molar-refractivity contribution >= 4 is 0 Å². The van der Waals surface area contributed by atoms with Crippen molar-refractivity contribution in [3.05, 3.63) is 0 Å². The van der Waals surface area contributed by atoms with Gasteiger partial charge in [-0.05, 0) is 13.8 Å². The minimum atomic E-state index is -1.49. The average molecular weight is 354 g/mol. The molecule has 0 aromatic heterocycles. The maximum Gasteiger partial charge on any atom is 0.186 e. The smallest absolute Gasteiger partial charge is 0.186 e. The molecule has 142 valence electrons. The molecule has 0 unspecified atom stereocenters. The molecule has 0 saturated carbocycles. The van der Waals surface area contributed by atoms with E-state index in [-0.39, 0.29) is 13.2 Å². The summed E-state index contributed by atoms with van der Waals surface area (Å²) in [6.07, 6.45) is -12.7. The van der Waals surface area contributed by atoms with Gasteiger partial charge in [0.05, 0.1) is 12.7 Å². The van der Waals surface area contributed by atoms with Gasteiger partial charge in [-0.25, -0.2) is 0 Å². The second kappa shape index (κ2) is 8.32. The molecule has 2 aliphatic rings. The number of hydrogen-bond donors (Lipinski definition) is 6. The molecule has 0 bridgehead atoms. The summed E-state index contributed by atoms with van der Waals surface area (Å²) in [5.74, 6) is 0. The number of ether oxygens (including phenoxy) is 4. The van der Waals surface area contributed by atoms with Gasteiger partial charge in [0.2, 0.25) is 0 Å². The summed E-state index contributed by atoms with van der Waals surface area (Å²) in [7, 11) is 0. The molecule has 0 amide bonds. The van der Waals surface area contributed by atoms with E-state index in [0.717, 1.165) is 0 Å². The highest BCUT2D eigenvalue weighted by atomic mass is 16.7. The molecule has 0 aromatic rings. The Kier molecular flexibility index (Phi) is 6.90. The number of hydrogen-bond acceptors (Lipinski definition) is 10. The van der Waals surface area contributed by atoms with Crippen LogP contribution in [0.25, 0.3) is 0 Å². The monoisotopic (exact) mass is 354 g/mol. The summed E-state index contributed by atoms with van der Waals surface area (Å²) in [4.78, 5) is 0. The Bertz CT molecular complexity index is 396. The van der Waals surface area contributed by atoms with E-state index in [1.54, 1.807) is 6.92 Å². The van der Waals surface area contributed by atoms with E-state index in [2.05, 4.69) is 0 Å². The first-order valence-electron chi connectivity index (χ1n) is 7.90. The van der Waals surface area contributed by atoms with Crippen LogP contribution in [0, 0.1) is 0 Å². The Balaban J connectivity index is 1.94. The van der Waals surface area contributed by atoms with E-state index < -0.39 is 61.4 Å². The molecular formula is C14H26O10. The predicted molar refractivity (Wildman–Crippen MR) is 76.6 cm³/mol. The molecular weight excluding hydrogens is 328 g/mol. The Morgan fingerprint density at radius 3 is 1.83 bits per heavy atom. The quantitative estimate of drug-likeness (QED) is 0.295.